The molecule has 2 aliphatic heterocycles. The Morgan fingerprint density at radius 2 is 1.65 bits per heavy atom. The van der Waals surface area contributed by atoms with E-state index in [-0.39, 0.29) is 23.7 Å². The Morgan fingerprint density at radius 1 is 0.946 bits per heavy atom. The van der Waals surface area contributed by atoms with Crippen LogP contribution in [0.5, 0.6) is 0 Å². The maximum absolute atomic E-state index is 11.5. The van der Waals surface area contributed by atoms with E-state index >= 15 is 0 Å². The Morgan fingerprint density at radius 3 is 2.35 bits per heavy atom. The van der Waals surface area contributed by atoms with Crippen molar-refractivity contribution >= 4 is 11.8 Å². The lowest BCUT2D eigenvalue weighted by Crippen LogP contribution is -2.44. The summed E-state index contributed by atoms with van der Waals surface area (Å²) in [6.45, 7) is 7.60. The molecule has 0 radical (unpaired) electrons. The van der Waals surface area contributed by atoms with Crippen LogP contribution in [0.4, 0.5) is 10.5 Å². The molecule has 3 aromatic carbocycles. The Hall–Kier alpha value is -3.15. The van der Waals surface area contributed by atoms with Gasteiger partial charge in [0.25, 0.3) is 0 Å². The van der Waals surface area contributed by atoms with Crippen molar-refractivity contribution in [2.45, 2.75) is 64.9 Å². The molecule has 37 heavy (non-hydrogen) atoms. The molecule has 1 N–H and O–H groups in total. The van der Waals surface area contributed by atoms with Gasteiger partial charge in [0.05, 0.1) is 17.9 Å². The zero-order valence-corrected chi connectivity index (χ0v) is 22.0. The molecule has 0 spiro atoms. The summed E-state index contributed by atoms with van der Waals surface area (Å²) in [6, 6.07) is 28.0. The molecular weight excluding hydrogens is 460 g/mol. The van der Waals surface area contributed by atoms with Crippen LogP contribution in [-0.4, -0.2) is 30.2 Å². The number of carbonyl (C=O) groups excluding carboxylic acids is 1. The minimum atomic E-state index is -0.375. The van der Waals surface area contributed by atoms with Crippen molar-refractivity contribution in [2.24, 2.45) is 5.41 Å². The molecule has 1 saturated heterocycles. The molecule has 0 saturated carbocycles. The monoisotopic (exact) mass is 498 g/mol. The van der Waals surface area contributed by atoms with E-state index in [0.29, 0.717) is 6.61 Å². The Kier molecular flexibility index (Phi) is 7.92. The Labute approximate surface area is 220 Å². The molecule has 5 heteroatoms. The molecule has 1 amide bonds. The van der Waals surface area contributed by atoms with Gasteiger partial charge in [0.1, 0.15) is 6.61 Å². The first kappa shape index (κ1) is 25.5. The first-order valence-corrected chi connectivity index (χ1v) is 13.5. The van der Waals surface area contributed by atoms with Crippen LogP contribution in [0.1, 0.15) is 61.5 Å². The van der Waals surface area contributed by atoms with Crippen LogP contribution in [0.2, 0.25) is 0 Å². The van der Waals surface area contributed by atoms with E-state index in [1.165, 1.54) is 16.7 Å². The summed E-state index contributed by atoms with van der Waals surface area (Å²) < 4.78 is 11.9. The topological polar surface area (TPSA) is 50.8 Å². The van der Waals surface area contributed by atoms with Crippen molar-refractivity contribution in [3.63, 3.8) is 0 Å². The molecule has 1 atom stereocenters. The summed E-state index contributed by atoms with van der Waals surface area (Å²) in [5, 5.41) is 2.78. The van der Waals surface area contributed by atoms with E-state index in [1.807, 2.05) is 6.07 Å². The number of cyclic esters (lactones) is 1. The molecule has 3 aromatic rings. The molecule has 0 bridgehead atoms. The highest BCUT2D eigenvalue weighted by atomic mass is 16.5. The summed E-state index contributed by atoms with van der Waals surface area (Å²) >= 11 is 0. The van der Waals surface area contributed by atoms with Crippen LogP contribution in [-0.2, 0) is 29.0 Å². The number of nitrogens with one attached hydrogen (secondary N) is 1. The quantitative estimate of drug-likeness (QED) is 0.341. The minimum Gasteiger partial charge on any atom is -0.444 e. The van der Waals surface area contributed by atoms with Gasteiger partial charge in [-0.05, 0) is 81.4 Å². The molecule has 2 heterocycles. The fourth-order valence-electron chi connectivity index (χ4n) is 5.85. The number of likely N-dealkylation sites (tertiary alicyclic amines) is 1. The fourth-order valence-corrected chi connectivity index (χ4v) is 5.85. The zero-order chi connectivity index (χ0) is 25.7. The molecule has 0 aliphatic carbocycles. The number of benzene rings is 3. The van der Waals surface area contributed by atoms with Crippen molar-refractivity contribution in [1.82, 2.24) is 4.90 Å². The van der Waals surface area contributed by atoms with Gasteiger partial charge in [-0.3, -0.25) is 10.2 Å². The van der Waals surface area contributed by atoms with Crippen LogP contribution >= 0.6 is 0 Å². The number of anilines is 1. The number of aryl methyl sites for hydroxylation is 1. The number of ether oxygens (including phenoxy) is 2. The number of rotatable bonds is 9. The van der Waals surface area contributed by atoms with Gasteiger partial charge in [0, 0.05) is 17.5 Å². The van der Waals surface area contributed by atoms with Gasteiger partial charge in [-0.2, -0.15) is 0 Å². The van der Waals surface area contributed by atoms with Crippen molar-refractivity contribution in [3.8, 4) is 0 Å². The van der Waals surface area contributed by atoms with Crippen LogP contribution in [0.3, 0.4) is 0 Å². The second kappa shape index (κ2) is 11.5. The number of fused-ring (bicyclic) bond motifs is 1. The number of piperidine rings is 1. The van der Waals surface area contributed by atoms with Gasteiger partial charge in [-0.1, -0.05) is 66.7 Å². The summed E-state index contributed by atoms with van der Waals surface area (Å²) in [5.74, 6) is 0. The van der Waals surface area contributed by atoms with Crippen molar-refractivity contribution in [1.29, 1.82) is 0 Å². The average Bonchev–Trinajstić information content (AvgIpc) is 2.93. The van der Waals surface area contributed by atoms with Gasteiger partial charge in [0.15, 0.2) is 0 Å². The third kappa shape index (κ3) is 6.23. The summed E-state index contributed by atoms with van der Waals surface area (Å²) in [4.78, 5) is 14.1. The van der Waals surface area contributed by atoms with Gasteiger partial charge in [-0.25, -0.2) is 4.79 Å². The molecule has 5 rings (SSSR count). The summed E-state index contributed by atoms with van der Waals surface area (Å²) in [7, 11) is 0. The average molecular weight is 499 g/mol. The largest absolute Gasteiger partial charge is 0.444 e. The lowest BCUT2D eigenvalue weighted by molar-refractivity contribution is -0.102. The predicted octanol–water partition coefficient (Wildman–Crippen LogP) is 7.13. The Balaban J connectivity index is 1.34. The number of nitrogens with zero attached hydrogens (tertiary/aromatic N) is 1. The van der Waals surface area contributed by atoms with Gasteiger partial charge in [0.2, 0.25) is 0 Å². The van der Waals surface area contributed by atoms with Crippen molar-refractivity contribution < 1.29 is 14.3 Å². The molecule has 1 fully saturated rings. The van der Waals surface area contributed by atoms with Gasteiger partial charge >= 0.3 is 6.09 Å². The van der Waals surface area contributed by atoms with Crippen LogP contribution < -0.4 is 5.32 Å². The van der Waals surface area contributed by atoms with E-state index in [1.54, 1.807) is 0 Å². The fraction of sp³-hybridized carbons (Fsp3) is 0.406. The molecule has 5 nitrogen and oxygen atoms in total. The predicted molar refractivity (Wildman–Crippen MR) is 147 cm³/mol. The highest BCUT2D eigenvalue weighted by Crippen LogP contribution is 2.49. The van der Waals surface area contributed by atoms with Crippen molar-refractivity contribution in [2.75, 3.05) is 18.4 Å². The van der Waals surface area contributed by atoms with E-state index in [0.717, 1.165) is 56.6 Å². The third-order valence-corrected chi connectivity index (χ3v) is 7.84. The number of carbonyl (C=O) groups is 1. The first-order chi connectivity index (χ1) is 18.0. The molecular formula is C32H38N2O3. The zero-order valence-electron chi connectivity index (χ0n) is 22.0. The van der Waals surface area contributed by atoms with E-state index < -0.39 is 0 Å². The highest BCUT2D eigenvalue weighted by Gasteiger charge is 2.43. The number of hydrogen-bond acceptors (Lipinski definition) is 4. The molecule has 0 aromatic heterocycles. The maximum Gasteiger partial charge on any atom is 0.411 e. The number of hydrogen-bond donors (Lipinski definition) is 1. The van der Waals surface area contributed by atoms with E-state index in [9.17, 15) is 4.79 Å². The van der Waals surface area contributed by atoms with E-state index in [2.05, 4.69) is 96.9 Å². The van der Waals surface area contributed by atoms with Crippen LogP contribution in [0.15, 0.2) is 78.9 Å². The summed E-state index contributed by atoms with van der Waals surface area (Å²) in [6.07, 6.45) is 4.21. The standard InChI is InChI=1S/C32H38N2O3/c1-24(2)37-30(27-11-7-4-8-12-27)32(16-15-25-9-5-3-6-10-25)17-19-34(20-18-32)22-26-13-14-29-28(21-26)23-36-31(35)33-29/h3-14,21,24,30H,15-20,22-23H2,1-2H3,(H,33,35). The summed E-state index contributed by atoms with van der Waals surface area (Å²) in [5.41, 5.74) is 5.91. The minimum absolute atomic E-state index is 0.0732. The smallest absolute Gasteiger partial charge is 0.411 e. The number of amides is 1. The van der Waals surface area contributed by atoms with E-state index in [4.69, 9.17) is 9.47 Å². The van der Waals surface area contributed by atoms with Crippen LogP contribution in [0.25, 0.3) is 0 Å². The normalized spacial score (nSPS) is 18.1. The van der Waals surface area contributed by atoms with Gasteiger partial charge < -0.3 is 9.47 Å². The third-order valence-electron chi connectivity index (χ3n) is 7.84. The van der Waals surface area contributed by atoms with Crippen molar-refractivity contribution in [3.05, 3.63) is 101 Å². The molecule has 2 aliphatic rings. The Bertz CT molecular complexity index is 1170. The maximum atomic E-state index is 11.5. The second-order valence-corrected chi connectivity index (χ2v) is 10.8. The first-order valence-electron chi connectivity index (χ1n) is 13.5. The molecule has 1 unspecified atom stereocenters. The SMILES string of the molecule is CC(C)OC(c1ccccc1)C1(CCc2ccccc2)CCN(Cc2ccc3c(c2)COC(=O)N3)CC1. The second-order valence-electron chi connectivity index (χ2n) is 10.8. The lowest BCUT2D eigenvalue weighted by Gasteiger charge is -2.47. The molecule has 194 valence electrons. The van der Waals surface area contributed by atoms with Crippen LogP contribution in [0, 0.1) is 5.41 Å². The lowest BCUT2D eigenvalue weighted by atomic mass is 9.68. The highest BCUT2D eigenvalue weighted by molar-refractivity contribution is 5.87. The van der Waals surface area contributed by atoms with Gasteiger partial charge in [-0.15, -0.1) is 0 Å².